The summed E-state index contributed by atoms with van der Waals surface area (Å²) in [5, 5.41) is 5.51. The summed E-state index contributed by atoms with van der Waals surface area (Å²) >= 11 is 0. The van der Waals surface area contributed by atoms with Crippen LogP contribution in [-0.2, 0) is 16.0 Å². The van der Waals surface area contributed by atoms with Crippen LogP contribution in [0.4, 0.5) is 0 Å². The van der Waals surface area contributed by atoms with Crippen molar-refractivity contribution in [3.05, 3.63) is 35.9 Å². The van der Waals surface area contributed by atoms with E-state index in [2.05, 4.69) is 39.8 Å². The topological polar surface area (TPSA) is 61.4 Å². The number of carbonyl (C=O) groups is 2. The Bertz CT molecular complexity index is 549. The lowest BCUT2D eigenvalue weighted by atomic mass is 9.96. The van der Waals surface area contributed by atoms with Crippen molar-refractivity contribution in [3.63, 3.8) is 0 Å². The molecule has 1 aromatic carbocycles. The lowest BCUT2D eigenvalue weighted by Crippen LogP contribution is -2.44. The van der Waals surface area contributed by atoms with Gasteiger partial charge in [-0.25, -0.2) is 0 Å². The molecular formula is C19H27N3O2. The van der Waals surface area contributed by atoms with Gasteiger partial charge in [-0.1, -0.05) is 30.3 Å². The molecule has 1 aromatic rings. The first kappa shape index (κ1) is 17.0. The Balaban J connectivity index is 1.30. The molecule has 2 aliphatic rings. The van der Waals surface area contributed by atoms with E-state index in [0.717, 1.165) is 51.7 Å². The summed E-state index contributed by atoms with van der Waals surface area (Å²) in [6.07, 6.45) is 5.25. The Morgan fingerprint density at radius 1 is 1.00 bits per heavy atom. The highest BCUT2D eigenvalue weighted by Gasteiger charge is 2.27. The van der Waals surface area contributed by atoms with Crippen LogP contribution >= 0.6 is 0 Å². The lowest BCUT2D eigenvalue weighted by Gasteiger charge is -2.32. The number of rotatable bonds is 6. The largest absolute Gasteiger partial charge is 0.348 e. The molecule has 2 amide bonds. The van der Waals surface area contributed by atoms with Crippen LogP contribution in [-0.4, -0.2) is 48.9 Å². The SMILES string of the molecule is O=C(NCC1CCN(CCc2ccccc2)CC1)C(=O)NC1CC1. The number of amides is 2. The molecule has 3 rings (SSSR count). The maximum Gasteiger partial charge on any atom is 0.309 e. The number of likely N-dealkylation sites (tertiary alicyclic amines) is 1. The lowest BCUT2D eigenvalue weighted by molar-refractivity contribution is -0.139. The molecule has 1 aliphatic heterocycles. The van der Waals surface area contributed by atoms with Crippen LogP contribution in [0.3, 0.4) is 0 Å². The zero-order valence-corrected chi connectivity index (χ0v) is 14.2. The number of benzene rings is 1. The van der Waals surface area contributed by atoms with E-state index in [1.807, 2.05) is 6.07 Å². The molecule has 0 bridgehead atoms. The minimum atomic E-state index is -0.478. The van der Waals surface area contributed by atoms with Crippen molar-refractivity contribution in [1.29, 1.82) is 0 Å². The van der Waals surface area contributed by atoms with Gasteiger partial charge in [-0.2, -0.15) is 0 Å². The maximum atomic E-state index is 11.7. The van der Waals surface area contributed by atoms with Gasteiger partial charge in [0.2, 0.25) is 0 Å². The van der Waals surface area contributed by atoms with E-state index in [9.17, 15) is 9.59 Å². The molecule has 0 spiro atoms. The maximum absolute atomic E-state index is 11.7. The van der Waals surface area contributed by atoms with Gasteiger partial charge in [0, 0.05) is 19.1 Å². The molecule has 0 unspecified atom stereocenters. The van der Waals surface area contributed by atoms with Crippen LogP contribution in [0.1, 0.15) is 31.2 Å². The minimum absolute atomic E-state index is 0.233. The monoisotopic (exact) mass is 329 g/mol. The number of carbonyl (C=O) groups excluding carboxylic acids is 2. The molecule has 0 aromatic heterocycles. The molecular weight excluding hydrogens is 302 g/mol. The summed E-state index contributed by atoms with van der Waals surface area (Å²) in [7, 11) is 0. The molecule has 1 aliphatic carbocycles. The molecule has 0 atom stereocenters. The van der Waals surface area contributed by atoms with Crippen LogP contribution in [0, 0.1) is 5.92 Å². The average molecular weight is 329 g/mol. The smallest absolute Gasteiger partial charge is 0.309 e. The third-order valence-corrected chi connectivity index (χ3v) is 4.94. The zero-order valence-electron chi connectivity index (χ0n) is 14.2. The Morgan fingerprint density at radius 2 is 1.71 bits per heavy atom. The Kier molecular flexibility index (Phi) is 5.86. The summed E-state index contributed by atoms with van der Waals surface area (Å²) in [5.74, 6) is -0.471. The Labute approximate surface area is 143 Å². The van der Waals surface area contributed by atoms with Gasteiger partial charge in [-0.15, -0.1) is 0 Å². The van der Waals surface area contributed by atoms with Crippen LogP contribution in [0.25, 0.3) is 0 Å². The second-order valence-corrected chi connectivity index (χ2v) is 6.98. The third kappa shape index (κ3) is 5.34. The van der Waals surface area contributed by atoms with Gasteiger partial charge in [0.1, 0.15) is 0 Å². The molecule has 24 heavy (non-hydrogen) atoms. The number of nitrogens with zero attached hydrogens (tertiary/aromatic N) is 1. The molecule has 0 radical (unpaired) electrons. The van der Waals surface area contributed by atoms with Gasteiger partial charge in [0.25, 0.3) is 0 Å². The van der Waals surface area contributed by atoms with E-state index in [1.165, 1.54) is 5.56 Å². The summed E-state index contributed by atoms with van der Waals surface area (Å²) < 4.78 is 0. The van der Waals surface area contributed by atoms with Crippen LogP contribution in [0.15, 0.2) is 30.3 Å². The first-order chi connectivity index (χ1) is 11.7. The second kappa shape index (κ2) is 8.29. The molecule has 2 N–H and O–H groups in total. The van der Waals surface area contributed by atoms with Gasteiger partial charge in [-0.05, 0) is 56.7 Å². The highest BCUT2D eigenvalue weighted by atomic mass is 16.2. The highest BCUT2D eigenvalue weighted by Crippen LogP contribution is 2.18. The minimum Gasteiger partial charge on any atom is -0.348 e. The second-order valence-electron chi connectivity index (χ2n) is 6.98. The van der Waals surface area contributed by atoms with E-state index in [4.69, 9.17) is 0 Å². The van der Waals surface area contributed by atoms with Crippen molar-refractivity contribution >= 4 is 11.8 Å². The molecule has 1 saturated heterocycles. The zero-order chi connectivity index (χ0) is 16.8. The number of nitrogens with one attached hydrogen (secondary N) is 2. The van der Waals surface area contributed by atoms with Crippen molar-refractivity contribution in [2.75, 3.05) is 26.2 Å². The molecule has 2 fully saturated rings. The fraction of sp³-hybridized carbons (Fsp3) is 0.579. The standard InChI is InChI=1S/C19H27N3O2/c23-18(19(24)21-17-6-7-17)20-14-16-9-12-22(13-10-16)11-8-15-4-2-1-3-5-15/h1-5,16-17H,6-14H2,(H,20,23)(H,21,24). The molecule has 5 nitrogen and oxygen atoms in total. The highest BCUT2D eigenvalue weighted by molar-refractivity contribution is 6.35. The quantitative estimate of drug-likeness (QED) is 0.774. The summed E-state index contributed by atoms with van der Waals surface area (Å²) in [6.45, 7) is 3.85. The predicted octanol–water partition coefficient (Wildman–Crippen LogP) is 1.34. The Morgan fingerprint density at radius 3 is 2.38 bits per heavy atom. The molecule has 1 heterocycles. The van der Waals surface area contributed by atoms with Crippen molar-refractivity contribution in [2.45, 2.75) is 38.1 Å². The normalized spacial score (nSPS) is 19.0. The molecule has 130 valence electrons. The average Bonchev–Trinajstić information content (AvgIpc) is 3.43. The summed E-state index contributed by atoms with van der Waals surface area (Å²) in [5.41, 5.74) is 1.38. The number of piperidine rings is 1. The van der Waals surface area contributed by atoms with E-state index < -0.39 is 11.8 Å². The molecule has 5 heteroatoms. The fourth-order valence-electron chi connectivity index (χ4n) is 3.14. The van der Waals surface area contributed by atoms with Crippen LogP contribution in [0.5, 0.6) is 0 Å². The van der Waals surface area contributed by atoms with Crippen LogP contribution < -0.4 is 10.6 Å². The molecule has 1 saturated carbocycles. The van der Waals surface area contributed by atoms with Gasteiger partial charge in [0.15, 0.2) is 0 Å². The van der Waals surface area contributed by atoms with Gasteiger partial charge in [0.05, 0.1) is 0 Å². The van der Waals surface area contributed by atoms with E-state index in [-0.39, 0.29) is 6.04 Å². The van der Waals surface area contributed by atoms with Crippen molar-refractivity contribution in [1.82, 2.24) is 15.5 Å². The summed E-state index contributed by atoms with van der Waals surface area (Å²) in [6, 6.07) is 10.8. The van der Waals surface area contributed by atoms with E-state index >= 15 is 0 Å². The summed E-state index contributed by atoms with van der Waals surface area (Å²) in [4.78, 5) is 25.8. The van der Waals surface area contributed by atoms with E-state index in [0.29, 0.717) is 12.5 Å². The van der Waals surface area contributed by atoms with Crippen LogP contribution in [0.2, 0.25) is 0 Å². The third-order valence-electron chi connectivity index (χ3n) is 4.94. The number of hydrogen-bond donors (Lipinski definition) is 2. The number of hydrogen-bond acceptors (Lipinski definition) is 3. The van der Waals surface area contributed by atoms with Crippen molar-refractivity contribution < 1.29 is 9.59 Å². The van der Waals surface area contributed by atoms with Gasteiger partial charge >= 0.3 is 11.8 Å². The van der Waals surface area contributed by atoms with E-state index in [1.54, 1.807) is 0 Å². The van der Waals surface area contributed by atoms with Gasteiger partial charge < -0.3 is 15.5 Å². The fourth-order valence-corrected chi connectivity index (χ4v) is 3.14. The Hall–Kier alpha value is -1.88. The first-order valence-corrected chi connectivity index (χ1v) is 9.05. The predicted molar refractivity (Wildman–Crippen MR) is 93.5 cm³/mol. The van der Waals surface area contributed by atoms with Gasteiger partial charge in [-0.3, -0.25) is 9.59 Å². The van der Waals surface area contributed by atoms with Crippen molar-refractivity contribution in [3.8, 4) is 0 Å². The first-order valence-electron chi connectivity index (χ1n) is 9.05. The van der Waals surface area contributed by atoms with Crippen molar-refractivity contribution in [2.24, 2.45) is 5.92 Å².